The van der Waals surface area contributed by atoms with Crippen LogP contribution in [-0.2, 0) is 16.1 Å². The van der Waals surface area contributed by atoms with E-state index < -0.39 is 12.7 Å². The van der Waals surface area contributed by atoms with Crippen LogP contribution in [0, 0.1) is 26.2 Å². The van der Waals surface area contributed by atoms with E-state index in [0.717, 1.165) is 28.7 Å². The maximum absolute atomic E-state index is 14.2. The number of ketones is 1. The molecule has 0 bridgehead atoms. The van der Waals surface area contributed by atoms with E-state index in [1.807, 2.05) is 39.0 Å². The molecule has 13 heteroatoms. The standard InChI is InChI=1S/C33H36BrFN8O3/c1-18-6-7-27(34)39-31(18)40-32(46)25-12-33(17-36-9-5-8-35)13-26(33)43(25)28(45)16-42-30-19(2)10-22(23-14-37-21(4)38-15-23)11-24(30)29(41-42)20(3)44/h6-7,10-11,14-15,25-26,36H,5,8-9,12-13,16-17H2,1-4H3,(H,39,40,46)/t25-,26+,33-/m0/s1. The van der Waals surface area contributed by atoms with Crippen LogP contribution in [-0.4, -0.2) is 79.1 Å². The van der Waals surface area contributed by atoms with Crippen molar-refractivity contribution in [2.75, 3.05) is 25.1 Å². The molecule has 3 atom stereocenters. The fourth-order valence-corrected chi connectivity index (χ4v) is 6.96. The van der Waals surface area contributed by atoms with Crippen LogP contribution in [0.15, 0.2) is 41.3 Å². The minimum absolute atomic E-state index is 0.141. The highest BCUT2D eigenvalue weighted by molar-refractivity contribution is 9.10. The third kappa shape index (κ3) is 6.05. The fraction of sp³-hybridized carbons (Fsp3) is 0.424. The zero-order valence-electron chi connectivity index (χ0n) is 26.2. The molecule has 2 amide bonds. The molecule has 0 spiro atoms. The van der Waals surface area contributed by atoms with E-state index >= 15 is 0 Å². The predicted octanol–water partition coefficient (Wildman–Crippen LogP) is 4.73. The number of rotatable bonds is 11. The summed E-state index contributed by atoms with van der Waals surface area (Å²) in [7, 11) is 0. The Morgan fingerprint density at radius 3 is 2.54 bits per heavy atom. The van der Waals surface area contributed by atoms with Gasteiger partial charge in [0.25, 0.3) is 0 Å². The van der Waals surface area contributed by atoms with Crippen LogP contribution < -0.4 is 10.6 Å². The number of amides is 2. The number of piperidine rings is 1. The van der Waals surface area contributed by atoms with Gasteiger partial charge in [-0.3, -0.25) is 23.5 Å². The van der Waals surface area contributed by atoms with Crippen LogP contribution in [0.4, 0.5) is 10.2 Å². The monoisotopic (exact) mass is 690 g/mol. The Morgan fingerprint density at radius 1 is 1.07 bits per heavy atom. The van der Waals surface area contributed by atoms with Crippen molar-refractivity contribution in [1.29, 1.82) is 0 Å². The third-order valence-electron chi connectivity index (χ3n) is 9.04. The van der Waals surface area contributed by atoms with Gasteiger partial charge in [0.05, 0.1) is 12.2 Å². The summed E-state index contributed by atoms with van der Waals surface area (Å²) >= 11 is 3.36. The topological polar surface area (TPSA) is 135 Å². The Balaban J connectivity index is 1.31. The molecule has 1 saturated heterocycles. The number of halogens is 2. The van der Waals surface area contributed by atoms with Gasteiger partial charge < -0.3 is 15.5 Å². The molecule has 46 heavy (non-hydrogen) atoms. The van der Waals surface area contributed by atoms with Crippen LogP contribution in [0.1, 0.15) is 53.6 Å². The second kappa shape index (κ2) is 12.6. The smallest absolute Gasteiger partial charge is 0.248 e. The van der Waals surface area contributed by atoms with Crippen molar-refractivity contribution in [3.05, 3.63) is 63.9 Å². The van der Waals surface area contributed by atoms with Gasteiger partial charge in [-0.15, -0.1) is 0 Å². The van der Waals surface area contributed by atoms with Gasteiger partial charge in [-0.25, -0.2) is 15.0 Å². The lowest BCUT2D eigenvalue weighted by Gasteiger charge is -2.27. The van der Waals surface area contributed by atoms with Crippen molar-refractivity contribution >= 4 is 50.2 Å². The van der Waals surface area contributed by atoms with Crippen molar-refractivity contribution in [2.24, 2.45) is 5.41 Å². The molecule has 4 aromatic rings. The molecule has 2 N–H and O–H groups in total. The van der Waals surface area contributed by atoms with E-state index in [-0.39, 0.29) is 41.3 Å². The van der Waals surface area contributed by atoms with Gasteiger partial charge in [0.2, 0.25) is 11.8 Å². The summed E-state index contributed by atoms with van der Waals surface area (Å²) in [5, 5.41) is 11.5. The SMILES string of the molecule is CC(=O)c1nn(CC(=O)N2[C@H](C(=O)Nc3nc(Br)ccc3C)C[C@@]3(CNCCCF)C[C@@H]23)c2c(C)cc(-c3cnc(C)nc3)cc12. The number of nitrogens with one attached hydrogen (secondary N) is 2. The van der Waals surface area contributed by atoms with E-state index in [1.54, 1.807) is 28.0 Å². The lowest BCUT2D eigenvalue weighted by atomic mass is 9.99. The van der Waals surface area contributed by atoms with Gasteiger partial charge in [0.15, 0.2) is 5.78 Å². The highest BCUT2D eigenvalue weighted by atomic mass is 79.9. The second-order valence-corrected chi connectivity index (χ2v) is 13.2. The molecule has 2 fully saturated rings. The molecule has 240 valence electrons. The van der Waals surface area contributed by atoms with Crippen molar-refractivity contribution in [1.82, 2.24) is 34.9 Å². The number of anilines is 1. The number of alkyl halides is 1. The summed E-state index contributed by atoms with van der Waals surface area (Å²) in [6, 6.07) is 6.64. The van der Waals surface area contributed by atoms with Crippen LogP contribution in [0.5, 0.6) is 0 Å². The second-order valence-electron chi connectivity index (χ2n) is 12.4. The summed E-state index contributed by atoms with van der Waals surface area (Å²) in [4.78, 5) is 55.4. The van der Waals surface area contributed by atoms with Crippen LogP contribution in [0.2, 0.25) is 0 Å². The number of fused-ring (bicyclic) bond motifs is 2. The van der Waals surface area contributed by atoms with Gasteiger partial charge in [-0.05, 0) is 97.4 Å². The normalized spacial score (nSPS) is 20.2. The minimum atomic E-state index is -0.724. The number of likely N-dealkylation sites (tertiary alicyclic amines) is 1. The van der Waals surface area contributed by atoms with Gasteiger partial charge in [-0.2, -0.15) is 5.10 Å². The van der Waals surface area contributed by atoms with E-state index in [9.17, 15) is 18.8 Å². The zero-order valence-corrected chi connectivity index (χ0v) is 27.8. The Morgan fingerprint density at radius 2 is 1.83 bits per heavy atom. The fourth-order valence-electron chi connectivity index (χ4n) is 6.65. The number of aromatic nitrogens is 5. The molecular weight excluding hydrogens is 655 g/mol. The Labute approximate surface area is 274 Å². The zero-order chi connectivity index (χ0) is 32.7. The van der Waals surface area contributed by atoms with Gasteiger partial charge in [-0.1, -0.05) is 6.07 Å². The lowest BCUT2D eigenvalue weighted by molar-refractivity contribution is -0.138. The highest BCUT2D eigenvalue weighted by Gasteiger charge is 2.66. The van der Waals surface area contributed by atoms with Crippen LogP contribution in [0.3, 0.4) is 0 Å². The number of nitrogens with zero attached hydrogens (tertiary/aromatic N) is 6. The first-order valence-electron chi connectivity index (χ1n) is 15.3. The average Bonchev–Trinajstić information content (AvgIpc) is 3.42. The molecule has 4 heterocycles. The number of pyridine rings is 1. The Kier molecular flexibility index (Phi) is 8.73. The number of carbonyl (C=O) groups is 3. The molecule has 1 saturated carbocycles. The number of benzene rings is 1. The van der Waals surface area contributed by atoms with Crippen molar-refractivity contribution in [3.63, 3.8) is 0 Å². The number of hydrogen-bond donors (Lipinski definition) is 2. The summed E-state index contributed by atoms with van der Waals surface area (Å²) in [5.41, 5.74) is 3.96. The maximum atomic E-state index is 14.2. The summed E-state index contributed by atoms with van der Waals surface area (Å²) < 4.78 is 14.9. The summed E-state index contributed by atoms with van der Waals surface area (Å²) in [6.45, 7) is 7.61. The van der Waals surface area contributed by atoms with Crippen molar-refractivity contribution in [2.45, 2.75) is 65.6 Å². The van der Waals surface area contributed by atoms with E-state index in [4.69, 9.17) is 0 Å². The first-order valence-corrected chi connectivity index (χ1v) is 16.1. The first-order chi connectivity index (χ1) is 22.0. The van der Waals surface area contributed by atoms with Gasteiger partial charge >= 0.3 is 0 Å². The maximum Gasteiger partial charge on any atom is 0.248 e. The molecule has 1 aliphatic carbocycles. The van der Waals surface area contributed by atoms with E-state index in [2.05, 4.69) is 46.6 Å². The Bertz CT molecular complexity index is 1840. The number of hydrogen-bond acceptors (Lipinski definition) is 8. The van der Waals surface area contributed by atoms with Gasteiger partial charge in [0.1, 0.15) is 34.5 Å². The third-order valence-corrected chi connectivity index (χ3v) is 9.49. The molecule has 1 aliphatic heterocycles. The molecule has 6 rings (SSSR count). The van der Waals surface area contributed by atoms with Crippen molar-refractivity contribution < 1.29 is 18.8 Å². The molecule has 2 aliphatic rings. The van der Waals surface area contributed by atoms with E-state index in [0.29, 0.717) is 53.1 Å². The number of Topliss-reactive ketones (excluding diaryl/α,β-unsaturated/α-hetero) is 1. The molecule has 3 aromatic heterocycles. The van der Waals surface area contributed by atoms with Gasteiger partial charge in [0, 0.05) is 48.3 Å². The largest absolute Gasteiger partial charge is 0.325 e. The minimum Gasteiger partial charge on any atom is -0.325 e. The predicted molar refractivity (Wildman–Crippen MR) is 175 cm³/mol. The van der Waals surface area contributed by atoms with Crippen LogP contribution in [0.25, 0.3) is 22.0 Å². The summed E-state index contributed by atoms with van der Waals surface area (Å²) in [5.74, 6) is 0.292. The quantitative estimate of drug-likeness (QED) is 0.131. The number of aryl methyl sites for hydroxylation is 3. The molecule has 11 nitrogen and oxygen atoms in total. The van der Waals surface area contributed by atoms with Crippen molar-refractivity contribution in [3.8, 4) is 11.1 Å². The molecular formula is C33H36BrFN8O3. The van der Waals surface area contributed by atoms with Crippen LogP contribution >= 0.6 is 15.9 Å². The molecule has 0 unspecified atom stereocenters. The highest BCUT2D eigenvalue weighted by Crippen LogP contribution is 2.59. The average molecular weight is 692 g/mol. The Hall–Kier alpha value is -4.10. The van der Waals surface area contributed by atoms with E-state index in [1.165, 1.54) is 6.92 Å². The molecule has 0 radical (unpaired) electrons. The summed E-state index contributed by atoms with van der Waals surface area (Å²) in [6.07, 6.45) is 5.11. The molecule has 1 aromatic carbocycles. The lowest BCUT2D eigenvalue weighted by Crippen LogP contribution is -2.47. The number of carbonyl (C=O) groups excluding carboxylic acids is 3. The first kappa shape index (κ1) is 31.9.